The van der Waals surface area contributed by atoms with Crippen molar-refractivity contribution < 1.29 is 26.4 Å². The van der Waals surface area contributed by atoms with Crippen LogP contribution in [0.25, 0.3) is 22.6 Å². The topological polar surface area (TPSA) is 149 Å². The van der Waals surface area contributed by atoms with Crippen molar-refractivity contribution in [3.63, 3.8) is 0 Å². The lowest BCUT2D eigenvalue weighted by molar-refractivity contribution is -0.137. The standard InChI is InChI=1S/C30H21F3N6O5S/c1-18-25(28(41)37(2)29(42)38(18)23-10-6-9-21(15-23)30(31,32)33)26-24(17-35-39(26)22-13-11-19(16-34)12-14-22)45(43,44)36-27(40)20-7-4-3-5-8-20/h3-15,17H,1-2H3,(H,36,40). The van der Waals surface area contributed by atoms with Crippen LogP contribution in [0.5, 0.6) is 0 Å². The minimum absolute atomic E-state index is 0.0206. The number of halogens is 3. The highest BCUT2D eigenvalue weighted by atomic mass is 32.2. The number of amides is 1. The van der Waals surface area contributed by atoms with Crippen LogP contribution in [-0.2, 0) is 23.2 Å². The second kappa shape index (κ2) is 11.4. The Morgan fingerprint density at radius 2 is 1.62 bits per heavy atom. The number of rotatable bonds is 6. The van der Waals surface area contributed by atoms with Crippen LogP contribution in [0.1, 0.15) is 27.2 Å². The maximum atomic E-state index is 13.7. The minimum Gasteiger partial charge on any atom is -0.268 e. The Bertz CT molecular complexity index is 2230. The number of hydrogen-bond acceptors (Lipinski definition) is 7. The fraction of sp³-hybridized carbons (Fsp3) is 0.100. The van der Waals surface area contributed by atoms with E-state index >= 15 is 0 Å². The van der Waals surface area contributed by atoms with Gasteiger partial charge in [0.1, 0.15) is 10.6 Å². The Morgan fingerprint density at radius 1 is 0.956 bits per heavy atom. The van der Waals surface area contributed by atoms with Gasteiger partial charge in [0, 0.05) is 18.3 Å². The van der Waals surface area contributed by atoms with Gasteiger partial charge in [0.25, 0.3) is 21.5 Å². The second-order valence-corrected chi connectivity index (χ2v) is 11.4. The van der Waals surface area contributed by atoms with Gasteiger partial charge in [0.15, 0.2) is 0 Å². The molecule has 1 N–H and O–H groups in total. The van der Waals surface area contributed by atoms with E-state index in [0.29, 0.717) is 4.57 Å². The lowest BCUT2D eigenvalue weighted by atomic mass is 10.1. The van der Waals surface area contributed by atoms with Gasteiger partial charge in [0.05, 0.1) is 40.3 Å². The van der Waals surface area contributed by atoms with E-state index < -0.39 is 49.4 Å². The maximum absolute atomic E-state index is 13.7. The van der Waals surface area contributed by atoms with Crippen LogP contribution in [0, 0.1) is 18.3 Å². The number of nitrogens with one attached hydrogen (secondary N) is 1. The van der Waals surface area contributed by atoms with E-state index in [0.717, 1.165) is 40.7 Å². The first-order valence-electron chi connectivity index (χ1n) is 13.0. The molecule has 0 saturated carbocycles. The van der Waals surface area contributed by atoms with Crippen LogP contribution >= 0.6 is 0 Å². The molecule has 0 atom stereocenters. The van der Waals surface area contributed by atoms with Gasteiger partial charge in [-0.05, 0) is 61.5 Å². The molecule has 2 aromatic heterocycles. The van der Waals surface area contributed by atoms with Crippen molar-refractivity contribution in [2.75, 3.05) is 0 Å². The fourth-order valence-electron chi connectivity index (χ4n) is 4.67. The molecule has 5 rings (SSSR count). The molecule has 15 heteroatoms. The Hall–Kier alpha value is -5.75. The van der Waals surface area contributed by atoms with E-state index in [4.69, 9.17) is 0 Å². The Kier molecular flexibility index (Phi) is 7.77. The van der Waals surface area contributed by atoms with Crippen LogP contribution in [0.3, 0.4) is 0 Å². The zero-order chi connectivity index (χ0) is 32.7. The molecule has 0 aliphatic rings. The molecule has 0 saturated heterocycles. The fourth-order valence-corrected chi connectivity index (χ4v) is 5.77. The molecule has 5 aromatic rings. The van der Waals surface area contributed by atoms with Crippen molar-refractivity contribution in [2.24, 2.45) is 7.05 Å². The third-order valence-electron chi connectivity index (χ3n) is 6.89. The number of nitrogens with zero attached hydrogens (tertiary/aromatic N) is 5. The van der Waals surface area contributed by atoms with Gasteiger partial charge in [-0.15, -0.1) is 0 Å². The number of sulfonamides is 1. The average molecular weight is 635 g/mol. The largest absolute Gasteiger partial charge is 0.416 e. The lowest BCUT2D eigenvalue weighted by Crippen LogP contribution is -2.40. The number of nitriles is 1. The molecule has 1 amide bonds. The summed E-state index contributed by atoms with van der Waals surface area (Å²) in [5, 5.41) is 13.4. The van der Waals surface area contributed by atoms with Gasteiger partial charge in [-0.1, -0.05) is 24.3 Å². The van der Waals surface area contributed by atoms with E-state index in [1.54, 1.807) is 6.07 Å². The first-order valence-corrected chi connectivity index (χ1v) is 14.4. The summed E-state index contributed by atoms with van der Waals surface area (Å²) in [5.74, 6) is -0.980. The van der Waals surface area contributed by atoms with Gasteiger partial charge in [0.2, 0.25) is 0 Å². The lowest BCUT2D eigenvalue weighted by Gasteiger charge is -2.18. The van der Waals surface area contributed by atoms with Gasteiger partial charge in [-0.2, -0.15) is 23.5 Å². The molecule has 0 bridgehead atoms. The maximum Gasteiger partial charge on any atom is 0.416 e. The first kappa shape index (κ1) is 30.7. The number of carbonyl (C=O) groups is 1. The highest BCUT2D eigenvalue weighted by Crippen LogP contribution is 2.33. The molecular weight excluding hydrogens is 613 g/mol. The third kappa shape index (κ3) is 5.66. The Labute approximate surface area is 253 Å². The molecule has 0 aliphatic carbocycles. The smallest absolute Gasteiger partial charge is 0.268 e. The number of benzene rings is 3. The number of carbonyl (C=O) groups excluding carboxylic acids is 1. The predicted octanol–water partition coefficient (Wildman–Crippen LogP) is 3.71. The Balaban J connectivity index is 1.81. The van der Waals surface area contributed by atoms with E-state index in [1.165, 1.54) is 61.5 Å². The van der Waals surface area contributed by atoms with Gasteiger partial charge < -0.3 is 0 Å². The molecule has 0 aliphatic heterocycles. The summed E-state index contributed by atoms with van der Waals surface area (Å²) in [4.78, 5) is 39.3. The molecule has 0 radical (unpaired) electrons. The monoisotopic (exact) mass is 634 g/mol. The summed E-state index contributed by atoms with van der Waals surface area (Å²) in [6, 6.07) is 18.9. The highest BCUT2D eigenvalue weighted by Gasteiger charge is 2.33. The summed E-state index contributed by atoms with van der Waals surface area (Å²) in [6.45, 7) is 1.27. The van der Waals surface area contributed by atoms with Crippen molar-refractivity contribution >= 4 is 15.9 Å². The van der Waals surface area contributed by atoms with E-state index in [2.05, 4.69) is 5.10 Å². The molecule has 11 nitrogen and oxygen atoms in total. The molecule has 45 heavy (non-hydrogen) atoms. The van der Waals surface area contributed by atoms with Gasteiger partial charge >= 0.3 is 11.9 Å². The first-order chi connectivity index (χ1) is 21.2. The summed E-state index contributed by atoms with van der Waals surface area (Å²) >= 11 is 0. The van der Waals surface area contributed by atoms with Crippen molar-refractivity contribution in [2.45, 2.75) is 18.0 Å². The normalized spacial score (nSPS) is 11.6. The quantitative estimate of drug-likeness (QED) is 0.299. The highest BCUT2D eigenvalue weighted by molar-refractivity contribution is 7.90. The summed E-state index contributed by atoms with van der Waals surface area (Å²) in [5.41, 5.74) is -3.79. The average Bonchev–Trinajstić information content (AvgIpc) is 3.46. The number of hydrogen-bond donors (Lipinski definition) is 1. The predicted molar refractivity (Wildman–Crippen MR) is 155 cm³/mol. The zero-order valence-corrected chi connectivity index (χ0v) is 24.2. The van der Waals surface area contributed by atoms with Crippen LogP contribution in [0.15, 0.2) is 99.5 Å². The molecule has 0 fully saturated rings. The van der Waals surface area contributed by atoms with Gasteiger partial charge in [-0.3, -0.25) is 18.7 Å². The van der Waals surface area contributed by atoms with Crippen molar-refractivity contribution in [3.8, 4) is 28.7 Å². The van der Waals surface area contributed by atoms with Gasteiger partial charge in [-0.25, -0.2) is 22.6 Å². The summed E-state index contributed by atoms with van der Waals surface area (Å²) in [6.07, 6.45) is -3.85. The minimum atomic E-state index is -4.77. The van der Waals surface area contributed by atoms with E-state index in [9.17, 15) is 41.2 Å². The van der Waals surface area contributed by atoms with Crippen LogP contribution in [0.2, 0.25) is 0 Å². The third-order valence-corrected chi connectivity index (χ3v) is 8.22. The van der Waals surface area contributed by atoms with Crippen molar-refractivity contribution in [1.82, 2.24) is 23.6 Å². The van der Waals surface area contributed by atoms with E-state index in [-0.39, 0.29) is 33.9 Å². The molecule has 2 heterocycles. The van der Waals surface area contributed by atoms with E-state index in [1.807, 2.05) is 10.8 Å². The molecule has 0 spiro atoms. The van der Waals surface area contributed by atoms with Crippen molar-refractivity contribution in [1.29, 1.82) is 5.26 Å². The molecule has 3 aromatic carbocycles. The zero-order valence-electron chi connectivity index (χ0n) is 23.4. The molecule has 0 unspecified atom stereocenters. The molecule has 228 valence electrons. The van der Waals surface area contributed by atoms with Crippen LogP contribution in [-0.4, -0.2) is 33.2 Å². The number of aromatic nitrogens is 4. The van der Waals surface area contributed by atoms with Crippen molar-refractivity contribution in [3.05, 3.63) is 128 Å². The van der Waals surface area contributed by atoms with Crippen LogP contribution < -0.4 is 16.0 Å². The Morgan fingerprint density at radius 3 is 2.24 bits per heavy atom. The van der Waals surface area contributed by atoms with Crippen LogP contribution in [0.4, 0.5) is 13.2 Å². The second-order valence-electron chi connectivity index (χ2n) is 9.72. The summed E-state index contributed by atoms with van der Waals surface area (Å²) in [7, 11) is -3.68. The SMILES string of the molecule is Cc1c(-c2c(S(=O)(=O)NC(=O)c3ccccc3)cnn2-c2ccc(C#N)cc2)c(=O)n(C)c(=O)n1-c1cccc(C(F)(F)F)c1. The number of alkyl halides is 3. The summed E-state index contributed by atoms with van der Waals surface area (Å²) < 4.78 is 72.6. The molecular formula is C30H21F3N6O5S.